The highest BCUT2D eigenvalue weighted by Gasteiger charge is 2.35. The van der Waals surface area contributed by atoms with Crippen LogP contribution >= 0.6 is 0 Å². The van der Waals surface area contributed by atoms with E-state index in [1.165, 1.54) is 21.7 Å². The summed E-state index contributed by atoms with van der Waals surface area (Å²) in [4.78, 5) is 47.0. The predicted octanol–water partition coefficient (Wildman–Crippen LogP) is 3.66. The molecule has 1 atom stereocenters. The minimum Gasteiger partial charge on any atom is -0.368 e. The van der Waals surface area contributed by atoms with Crippen molar-refractivity contribution in [3.05, 3.63) is 53.6 Å². The Morgan fingerprint density at radius 1 is 1.03 bits per heavy atom. The molecule has 2 heterocycles. The third-order valence-electron chi connectivity index (χ3n) is 6.60. The van der Waals surface area contributed by atoms with Crippen LogP contribution in [-0.4, -0.2) is 66.1 Å². The van der Waals surface area contributed by atoms with Gasteiger partial charge in [0.25, 0.3) is 0 Å². The summed E-state index contributed by atoms with van der Waals surface area (Å²) in [6.07, 6.45) is 9.82. The van der Waals surface area contributed by atoms with Crippen LogP contribution in [0.4, 0.5) is 10.5 Å². The maximum atomic E-state index is 12.6. The zero-order chi connectivity index (χ0) is 23.4. The summed E-state index contributed by atoms with van der Waals surface area (Å²) >= 11 is 0. The van der Waals surface area contributed by atoms with Crippen LogP contribution in [0.3, 0.4) is 0 Å². The molecule has 3 aliphatic rings. The average molecular weight is 449 g/mol. The largest absolute Gasteiger partial charge is 0.368 e. The Labute approximate surface area is 195 Å². The van der Waals surface area contributed by atoms with Gasteiger partial charge in [0.2, 0.25) is 11.8 Å². The highest BCUT2D eigenvalue weighted by molar-refractivity contribution is 6.21. The number of benzene rings is 1. The van der Waals surface area contributed by atoms with Crippen molar-refractivity contribution in [3.8, 4) is 0 Å². The van der Waals surface area contributed by atoms with Gasteiger partial charge in [0.05, 0.1) is 11.6 Å². The molecule has 1 saturated heterocycles. The van der Waals surface area contributed by atoms with Crippen LogP contribution in [0.2, 0.25) is 0 Å². The first-order valence-electron chi connectivity index (χ1n) is 11.8. The van der Waals surface area contributed by atoms with E-state index in [9.17, 15) is 14.4 Å². The second-order valence-electron chi connectivity index (χ2n) is 9.00. The number of nitrogens with zero attached hydrogens (tertiary/aromatic N) is 4. The number of amides is 4. The second kappa shape index (κ2) is 10.1. The molecule has 2 aliphatic heterocycles. The number of allylic oxidation sites excluding steroid dienone is 3. The Morgan fingerprint density at radius 3 is 2.61 bits per heavy atom. The van der Waals surface area contributed by atoms with Crippen molar-refractivity contribution in [1.29, 1.82) is 0 Å². The number of carbonyl (C=O) groups excluding carboxylic acids is 3. The highest BCUT2D eigenvalue weighted by atomic mass is 16.2. The zero-order valence-corrected chi connectivity index (χ0v) is 19.5. The first kappa shape index (κ1) is 23.0. The number of imide groups is 1. The normalized spacial score (nSPS) is 20.2. The van der Waals surface area contributed by atoms with Crippen LogP contribution < -0.4 is 4.90 Å². The van der Waals surface area contributed by atoms with Gasteiger partial charge in [-0.05, 0) is 50.0 Å². The van der Waals surface area contributed by atoms with Crippen molar-refractivity contribution in [2.75, 3.05) is 37.6 Å². The molecular weight excluding hydrogens is 416 g/mol. The van der Waals surface area contributed by atoms with Crippen LogP contribution in [-0.2, 0) is 9.59 Å². The fraction of sp³-hybridized carbons (Fsp3) is 0.462. The molecule has 0 bridgehead atoms. The molecule has 33 heavy (non-hydrogen) atoms. The SMILES string of the molecule is Cc1ccc(C)c(N2CCN(C(=O)CCCCCN3C(=O)N=C4C=CC=CC4C3=O)CC2)c1. The summed E-state index contributed by atoms with van der Waals surface area (Å²) in [6, 6.07) is 6.02. The van der Waals surface area contributed by atoms with Crippen LogP contribution in [0.15, 0.2) is 47.5 Å². The molecule has 1 aromatic carbocycles. The van der Waals surface area contributed by atoms with Crippen LogP contribution in [0.5, 0.6) is 0 Å². The number of aryl methyl sites for hydroxylation is 2. The molecule has 0 saturated carbocycles. The van der Waals surface area contributed by atoms with E-state index in [-0.39, 0.29) is 11.8 Å². The first-order valence-corrected chi connectivity index (χ1v) is 11.8. The Bertz CT molecular complexity index is 1020. The molecule has 174 valence electrons. The number of piperazine rings is 1. The number of unbranched alkanes of at least 4 members (excludes halogenated alkanes) is 2. The summed E-state index contributed by atoms with van der Waals surface area (Å²) in [5, 5.41) is 0. The summed E-state index contributed by atoms with van der Waals surface area (Å²) in [7, 11) is 0. The average Bonchev–Trinajstić information content (AvgIpc) is 2.82. The molecule has 1 fully saturated rings. The van der Waals surface area contributed by atoms with Gasteiger partial charge in [0.15, 0.2) is 0 Å². The Morgan fingerprint density at radius 2 is 1.82 bits per heavy atom. The monoisotopic (exact) mass is 448 g/mol. The lowest BCUT2D eigenvalue weighted by molar-refractivity contribution is -0.132. The van der Waals surface area contributed by atoms with Crippen molar-refractivity contribution < 1.29 is 14.4 Å². The lowest BCUT2D eigenvalue weighted by Crippen LogP contribution is -2.49. The summed E-state index contributed by atoms with van der Waals surface area (Å²) < 4.78 is 0. The second-order valence-corrected chi connectivity index (χ2v) is 9.00. The topological polar surface area (TPSA) is 73.3 Å². The maximum absolute atomic E-state index is 12.6. The number of hydrogen-bond donors (Lipinski definition) is 0. The summed E-state index contributed by atoms with van der Waals surface area (Å²) in [5.41, 5.74) is 4.30. The van der Waals surface area contributed by atoms with E-state index in [1.54, 1.807) is 18.2 Å². The van der Waals surface area contributed by atoms with E-state index in [1.807, 2.05) is 11.0 Å². The van der Waals surface area contributed by atoms with Crippen LogP contribution in [0.1, 0.15) is 36.8 Å². The number of carbonyl (C=O) groups is 3. The van der Waals surface area contributed by atoms with Gasteiger partial charge in [-0.1, -0.05) is 36.8 Å². The van der Waals surface area contributed by atoms with Crippen LogP contribution in [0, 0.1) is 19.8 Å². The molecule has 1 aliphatic carbocycles. The van der Waals surface area contributed by atoms with Gasteiger partial charge < -0.3 is 9.80 Å². The number of urea groups is 1. The maximum Gasteiger partial charge on any atom is 0.350 e. The van der Waals surface area contributed by atoms with Crippen LogP contribution in [0.25, 0.3) is 0 Å². The van der Waals surface area contributed by atoms with Gasteiger partial charge in [0, 0.05) is 44.8 Å². The van der Waals surface area contributed by atoms with Gasteiger partial charge >= 0.3 is 6.03 Å². The lowest BCUT2D eigenvalue weighted by Gasteiger charge is -2.37. The Balaban J connectivity index is 1.17. The molecular formula is C26H32N4O3. The Hall–Kier alpha value is -3.22. The summed E-state index contributed by atoms with van der Waals surface area (Å²) in [5.74, 6) is -0.464. The molecule has 0 N–H and O–H groups in total. The van der Waals surface area contributed by atoms with E-state index in [0.717, 1.165) is 39.0 Å². The van der Waals surface area contributed by atoms with Crippen molar-refractivity contribution in [2.45, 2.75) is 39.5 Å². The van der Waals surface area contributed by atoms with Crippen molar-refractivity contribution in [3.63, 3.8) is 0 Å². The van der Waals surface area contributed by atoms with E-state index >= 15 is 0 Å². The third-order valence-corrected chi connectivity index (χ3v) is 6.60. The molecule has 4 rings (SSSR count). The number of hydrogen-bond acceptors (Lipinski definition) is 4. The molecule has 1 unspecified atom stereocenters. The minimum absolute atomic E-state index is 0.189. The van der Waals surface area contributed by atoms with E-state index in [4.69, 9.17) is 0 Å². The lowest BCUT2D eigenvalue weighted by atomic mass is 9.95. The minimum atomic E-state index is -0.482. The summed E-state index contributed by atoms with van der Waals surface area (Å²) in [6.45, 7) is 7.77. The predicted molar refractivity (Wildman–Crippen MR) is 129 cm³/mol. The number of fused-ring (bicyclic) bond motifs is 1. The van der Waals surface area contributed by atoms with Gasteiger partial charge in [-0.2, -0.15) is 4.99 Å². The van der Waals surface area contributed by atoms with Gasteiger partial charge in [-0.15, -0.1) is 0 Å². The fourth-order valence-corrected chi connectivity index (χ4v) is 4.62. The van der Waals surface area contributed by atoms with Crippen molar-refractivity contribution in [2.24, 2.45) is 10.9 Å². The molecule has 0 aromatic heterocycles. The van der Waals surface area contributed by atoms with Gasteiger partial charge in [0.1, 0.15) is 0 Å². The highest BCUT2D eigenvalue weighted by Crippen LogP contribution is 2.23. The molecule has 0 radical (unpaired) electrons. The van der Waals surface area contributed by atoms with E-state index in [2.05, 4.69) is 41.9 Å². The molecule has 4 amide bonds. The number of aliphatic imine (C=N–C) groups is 1. The van der Waals surface area contributed by atoms with E-state index < -0.39 is 11.9 Å². The number of anilines is 1. The van der Waals surface area contributed by atoms with Crippen molar-refractivity contribution >= 4 is 29.2 Å². The standard InChI is InChI=1S/C26H32N4O3/c1-19-11-12-20(2)23(18-19)28-14-16-29(17-15-28)24(31)10-4-3-7-13-30-25(32)21-8-5-6-9-22(21)27-26(30)33/h5-6,8-9,11-12,18,21H,3-4,7,10,13-17H2,1-2H3. The fourth-order valence-electron chi connectivity index (χ4n) is 4.62. The van der Waals surface area contributed by atoms with E-state index in [0.29, 0.717) is 25.1 Å². The van der Waals surface area contributed by atoms with Gasteiger partial charge in [-0.3, -0.25) is 14.5 Å². The first-order chi connectivity index (χ1) is 15.9. The smallest absolute Gasteiger partial charge is 0.350 e. The number of rotatable bonds is 7. The molecule has 1 aromatic rings. The molecule has 0 spiro atoms. The van der Waals surface area contributed by atoms with Gasteiger partial charge in [-0.25, -0.2) is 4.79 Å². The third kappa shape index (κ3) is 5.24. The van der Waals surface area contributed by atoms with Crippen molar-refractivity contribution in [1.82, 2.24) is 9.80 Å². The zero-order valence-electron chi connectivity index (χ0n) is 19.5. The molecule has 7 nitrogen and oxygen atoms in total. The Kier molecular flexibility index (Phi) is 7.06. The quantitative estimate of drug-likeness (QED) is 0.597. The molecule has 7 heteroatoms.